The molecule has 36 heavy (non-hydrogen) atoms. The van der Waals surface area contributed by atoms with E-state index in [9.17, 15) is 24.0 Å². The summed E-state index contributed by atoms with van der Waals surface area (Å²) < 4.78 is 31.7. The van der Waals surface area contributed by atoms with Crippen molar-refractivity contribution in [2.45, 2.75) is 52.7 Å². The number of carbonyl (C=O) groups is 5. The number of rotatable bonds is 5. The first-order valence-corrected chi connectivity index (χ1v) is 11.2. The van der Waals surface area contributed by atoms with Crippen molar-refractivity contribution >= 4 is 29.8 Å². The van der Waals surface area contributed by atoms with Crippen LogP contribution in [-0.4, -0.2) is 69.5 Å². The van der Waals surface area contributed by atoms with Gasteiger partial charge in [0.15, 0.2) is 0 Å². The van der Waals surface area contributed by atoms with Crippen LogP contribution in [0, 0.1) is 22.2 Å². The minimum atomic E-state index is -1.98. The molecule has 1 saturated heterocycles. The number of hydrogen-bond donors (Lipinski definition) is 0. The zero-order chi connectivity index (χ0) is 27.6. The van der Waals surface area contributed by atoms with Gasteiger partial charge in [-0.15, -0.1) is 0 Å². The fourth-order valence-electron chi connectivity index (χ4n) is 6.27. The van der Waals surface area contributed by atoms with Crippen molar-refractivity contribution in [3.63, 3.8) is 0 Å². The van der Waals surface area contributed by atoms with Crippen LogP contribution in [0.2, 0.25) is 0 Å². The molecule has 0 bridgehead atoms. The highest BCUT2D eigenvalue weighted by molar-refractivity contribution is 6.07. The van der Waals surface area contributed by atoms with Crippen molar-refractivity contribution in [1.82, 2.24) is 0 Å². The summed E-state index contributed by atoms with van der Waals surface area (Å²) in [5, 5.41) is 0. The van der Waals surface area contributed by atoms with Gasteiger partial charge in [0.05, 0.1) is 39.9 Å². The molecule has 198 valence electrons. The van der Waals surface area contributed by atoms with E-state index in [0.29, 0.717) is 0 Å². The molecular formula is C25H32O11. The monoisotopic (exact) mass is 508 g/mol. The second kappa shape index (κ2) is 8.07. The second-order valence-corrected chi connectivity index (χ2v) is 10.5. The third-order valence-electron chi connectivity index (χ3n) is 7.86. The summed E-state index contributed by atoms with van der Waals surface area (Å²) in [5.74, 6) is -5.48. The SMILES string of the molecule is COC(=O)C1=C(C(=O)OC)C(C)(C)OC1=C[C@@]1(C(=O)OC)C(C)(C)OC(=O)[C@@]12C(C(=O)OC)C2(C)C. The molecule has 3 rings (SSSR count). The quantitative estimate of drug-likeness (QED) is 0.395. The Morgan fingerprint density at radius 3 is 1.83 bits per heavy atom. The van der Waals surface area contributed by atoms with Crippen LogP contribution in [0.15, 0.2) is 23.0 Å². The predicted molar refractivity (Wildman–Crippen MR) is 121 cm³/mol. The van der Waals surface area contributed by atoms with E-state index in [2.05, 4.69) is 0 Å². The number of methoxy groups -OCH3 is 4. The third kappa shape index (κ3) is 3.00. The normalized spacial score (nSPS) is 32.0. The smallest absolute Gasteiger partial charge is 0.342 e. The van der Waals surface area contributed by atoms with Crippen LogP contribution in [0.4, 0.5) is 0 Å². The lowest BCUT2D eigenvalue weighted by atomic mass is 9.61. The first kappa shape index (κ1) is 27.2. The Morgan fingerprint density at radius 1 is 0.806 bits per heavy atom. The summed E-state index contributed by atoms with van der Waals surface area (Å²) in [4.78, 5) is 65.8. The van der Waals surface area contributed by atoms with Crippen LogP contribution in [0.25, 0.3) is 0 Å². The molecule has 1 spiro atoms. The molecule has 1 saturated carbocycles. The zero-order valence-corrected chi connectivity index (χ0v) is 22.1. The number of cyclic esters (lactones) is 1. The Balaban J connectivity index is 2.47. The number of carbonyl (C=O) groups excluding carboxylic acids is 5. The molecule has 3 aliphatic rings. The van der Waals surface area contributed by atoms with Gasteiger partial charge in [-0.2, -0.15) is 0 Å². The molecule has 0 amide bonds. The maximum atomic E-state index is 13.7. The highest BCUT2D eigenvalue weighted by Gasteiger charge is 2.94. The first-order valence-electron chi connectivity index (χ1n) is 11.2. The molecule has 3 atom stereocenters. The Hall–Kier alpha value is -3.37. The van der Waals surface area contributed by atoms with Gasteiger partial charge in [-0.1, -0.05) is 13.8 Å². The molecule has 11 nitrogen and oxygen atoms in total. The summed E-state index contributed by atoms with van der Waals surface area (Å²) in [6.45, 7) is 9.35. The number of ether oxygens (including phenoxy) is 6. The Bertz CT molecular complexity index is 1120. The Morgan fingerprint density at radius 2 is 1.36 bits per heavy atom. The van der Waals surface area contributed by atoms with Crippen molar-refractivity contribution in [1.29, 1.82) is 0 Å². The van der Waals surface area contributed by atoms with E-state index in [-0.39, 0.29) is 16.9 Å². The lowest BCUT2D eigenvalue weighted by molar-refractivity contribution is -0.162. The van der Waals surface area contributed by atoms with E-state index in [1.807, 2.05) is 0 Å². The largest absolute Gasteiger partial charge is 0.482 e. The molecule has 0 aromatic heterocycles. The van der Waals surface area contributed by atoms with Gasteiger partial charge in [-0.25, -0.2) is 9.59 Å². The van der Waals surface area contributed by atoms with E-state index in [4.69, 9.17) is 28.4 Å². The molecule has 2 fully saturated rings. The fraction of sp³-hybridized carbons (Fsp3) is 0.640. The predicted octanol–water partition coefficient (Wildman–Crippen LogP) is 1.63. The lowest BCUT2D eigenvalue weighted by Gasteiger charge is -2.38. The van der Waals surface area contributed by atoms with Gasteiger partial charge < -0.3 is 28.4 Å². The molecule has 1 aliphatic carbocycles. The van der Waals surface area contributed by atoms with E-state index < -0.39 is 63.2 Å². The van der Waals surface area contributed by atoms with Crippen LogP contribution >= 0.6 is 0 Å². The maximum Gasteiger partial charge on any atom is 0.342 e. The molecular weight excluding hydrogens is 476 g/mol. The third-order valence-corrected chi connectivity index (χ3v) is 7.86. The van der Waals surface area contributed by atoms with Crippen LogP contribution in [0.3, 0.4) is 0 Å². The molecule has 0 N–H and O–H groups in total. The molecule has 0 aromatic carbocycles. The highest BCUT2D eigenvalue weighted by Crippen LogP contribution is 2.82. The highest BCUT2D eigenvalue weighted by atomic mass is 16.6. The van der Waals surface area contributed by atoms with Gasteiger partial charge in [0.25, 0.3) is 0 Å². The van der Waals surface area contributed by atoms with Gasteiger partial charge in [-0.05, 0) is 39.2 Å². The van der Waals surface area contributed by atoms with E-state index in [1.54, 1.807) is 13.8 Å². The van der Waals surface area contributed by atoms with Crippen molar-refractivity contribution in [3.05, 3.63) is 23.0 Å². The average Bonchev–Trinajstić information content (AvgIpc) is 3.11. The first-order chi connectivity index (χ1) is 16.5. The summed E-state index contributed by atoms with van der Waals surface area (Å²) in [7, 11) is 4.58. The number of esters is 5. The summed E-state index contributed by atoms with van der Waals surface area (Å²) in [5.41, 5.74) is -8.24. The van der Waals surface area contributed by atoms with Crippen LogP contribution in [-0.2, 0) is 52.4 Å². The molecule has 0 aromatic rings. The summed E-state index contributed by atoms with van der Waals surface area (Å²) in [6, 6.07) is 0. The molecule has 0 radical (unpaired) electrons. The minimum Gasteiger partial charge on any atom is -0.482 e. The Kier molecular flexibility index (Phi) is 6.10. The van der Waals surface area contributed by atoms with Crippen molar-refractivity contribution in [2.75, 3.05) is 28.4 Å². The van der Waals surface area contributed by atoms with Crippen molar-refractivity contribution < 1.29 is 52.4 Å². The molecule has 1 unspecified atom stereocenters. The van der Waals surface area contributed by atoms with Crippen LogP contribution < -0.4 is 0 Å². The van der Waals surface area contributed by atoms with Crippen molar-refractivity contribution in [2.24, 2.45) is 22.2 Å². The molecule has 2 aliphatic heterocycles. The topological polar surface area (TPSA) is 141 Å². The van der Waals surface area contributed by atoms with Gasteiger partial charge in [0, 0.05) is 0 Å². The van der Waals surface area contributed by atoms with Gasteiger partial charge in [0.2, 0.25) is 0 Å². The van der Waals surface area contributed by atoms with Crippen molar-refractivity contribution in [3.8, 4) is 0 Å². The molecule has 11 heteroatoms. The number of hydrogen-bond acceptors (Lipinski definition) is 11. The van der Waals surface area contributed by atoms with Gasteiger partial charge in [-0.3, -0.25) is 14.4 Å². The molecule has 2 heterocycles. The van der Waals surface area contributed by atoms with Crippen LogP contribution in [0.5, 0.6) is 0 Å². The lowest BCUT2D eigenvalue weighted by Crippen LogP contribution is -2.52. The summed E-state index contributed by atoms with van der Waals surface area (Å²) >= 11 is 0. The standard InChI is InChI=1S/C25H32O11/c1-21(2)15(18(28)33-9)25(21)20(30)36-23(5,6)24(25,19(29)34-10)11-12-13(16(26)31-7)14(17(27)32-8)22(3,4)35-12/h11,15H,1-10H3/t15?,24-,25-/m1/s1. The van der Waals surface area contributed by atoms with Gasteiger partial charge >= 0.3 is 29.8 Å². The minimum absolute atomic E-state index is 0.139. The van der Waals surface area contributed by atoms with Crippen LogP contribution in [0.1, 0.15) is 41.5 Å². The van der Waals surface area contributed by atoms with Gasteiger partial charge in [0.1, 0.15) is 33.4 Å². The van der Waals surface area contributed by atoms with E-state index in [0.717, 1.165) is 21.3 Å². The van der Waals surface area contributed by atoms with E-state index in [1.165, 1.54) is 40.9 Å². The summed E-state index contributed by atoms with van der Waals surface area (Å²) in [6.07, 6.45) is 1.25. The Labute approximate surface area is 209 Å². The zero-order valence-electron chi connectivity index (χ0n) is 22.1. The average molecular weight is 509 g/mol. The second-order valence-electron chi connectivity index (χ2n) is 10.5. The maximum absolute atomic E-state index is 13.7. The fourth-order valence-corrected chi connectivity index (χ4v) is 6.27. The van der Waals surface area contributed by atoms with E-state index >= 15 is 0 Å².